The summed E-state index contributed by atoms with van der Waals surface area (Å²) < 4.78 is 5.96. The number of halogens is 1. The van der Waals surface area contributed by atoms with E-state index in [9.17, 15) is 0 Å². The van der Waals surface area contributed by atoms with E-state index < -0.39 is 0 Å². The van der Waals surface area contributed by atoms with Gasteiger partial charge in [0.2, 0.25) is 0 Å². The lowest BCUT2D eigenvalue weighted by Gasteiger charge is -2.13. The molecule has 2 aromatic rings. The van der Waals surface area contributed by atoms with Crippen LogP contribution in [0.3, 0.4) is 0 Å². The van der Waals surface area contributed by atoms with E-state index in [1.165, 1.54) is 5.56 Å². The molecule has 0 radical (unpaired) electrons. The van der Waals surface area contributed by atoms with Gasteiger partial charge in [0.05, 0.1) is 0 Å². The second-order valence-corrected chi connectivity index (χ2v) is 4.76. The molecular formula is C16H18ClNO. The predicted molar refractivity (Wildman–Crippen MR) is 80.1 cm³/mol. The van der Waals surface area contributed by atoms with Crippen LogP contribution in [0.1, 0.15) is 18.1 Å². The fraction of sp³-hybridized carbons (Fsp3) is 0.250. The number of hydrogen-bond acceptors (Lipinski definition) is 2. The van der Waals surface area contributed by atoms with Crippen molar-refractivity contribution in [1.29, 1.82) is 0 Å². The first-order valence-corrected chi connectivity index (χ1v) is 6.81. The average molecular weight is 276 g/mol. The van der Waals surface area contributed by atoms with Crippen LogP contribution in [0.25, 0.3) is 0 Å². The van der Waals surface area contributed by atoms with Gasteiger partial charge in [-0.05, 0) is 43.3 Å². The maximum Gasteiger partial charge on any atom is 0.133 e. The molecule has 0 heterocycles. The number of hydrogen-bond donors (Lipinski definition) is 1. The first-order valence-electron chi connectivity index (χ1n) is 6.43. The lowest BCUT2D eigenvalue weighted by atomic mass is 10.1. The van der Waals surface area contributed by atoms with Crippen molar-refractivity contribution >= 4 is 11.6 Å². The second kappa shape index (κ2) is 6.60. The lowest BCUT2D eigenvalue weighted by Crippen LogP contribution is -2.07. The first kappa shape index (κ1) is 13.9. The van der Waals surface area contributed by atoms with E-state index in [1.807, 2.05) is 37.4 Å². The highest BCUT2D eigenvalue weighted by Gasteiger charge is 2.08. The first-order chi connectivity index (χ1) is 9.24. The molecule has 0 atom stereocenters. The Morgan fingerprint density at radius 3 is 2.68 bits per heavy atom. The summed E-state index contributed by atoms with van der Waals surface area (Å²) in [5, 5.41) is 3.83. The van der Waals surface area contributed by atoms with Crippen LogP contribution >= 0.6 is 11.6 Å². The van der Waals surface area contributed by atoms with E-state index in [2.05, 4.69) is 24.4 Å². The quantitative estimate of drug-likeness (QED) is 0.872. The third kappa shape index (κ3) is 3.49. The number of aryl methyl sites for hydroxylation is 1. The summed E-state index contributed by atoms with van der Waals surface area (Å²) in [4.78, 5) is 0. The number of rotatable bonds is 5. The van der Waals surface area contributed by atoms with Crippen LogP contribution in [0, 0.1) is 0 Å². The molecule has 0 fully saturated rings. The molecule has 100 valence electrons. The van der Waals surface area contributed by atoms with Gasteiger partial charge in [-0.2, -0.15) is 0 Å². The standard InChI is InChI=1S/C16H18ClNO/c1-3-12-6-4-7-13(10-12)19-16-9-5-8-15(17)14(16)11-18-2/h4-10,18H,3,11H2,1-2H3. The number of nitrogens with one attached hydrogen (secondary N) is 1. The molecule has 1 N–H and O–H groups in total. The molecule has 2 aromatic carbocycles. The minimum absolute atomic E-state index is 0.683. The molecule has 3 heteroatoms. The molecule has 19 heavy (non-hydrogen) atoms. The number of ether oxygens (including phenoxy) is 1. The zero-order valence-corrected chi connectivity index (χ0v) is 12.0. The Hall–Kier alpha value is -1.51. The van der Waals surface area contributed by atoms with Gasteiger partial charge < -0.3 is 10.1 Å². The summed E-state index contributed by atoms with van der Waals surface area (Å²) in [6.07, 6.45) is 0.996. The SMILES string of the molecule is CCc1cccc(Oc2cccc(Cl)c2CNC)c1. The van der Waals surface area contributed by atoms with Gasteiger partial charge in [-0.25, -0.2) is 0 Å². The van der Waals surface area contributed by atoms with E-state index in [0.29, 0.717) is 6.54 Å². The van der Waals surface area contributed by atoms with Crippen molar-refractivity contribution in [3.8, 4) is 11.5 Å². The molecule has 2 nitrogen and oxygen atoms in total. The van der Waals surface area contributed by atoms with Gasteiger partial charge in [-0.15, -0.1) is 0 Å². The van der Waals surface area contributed by atoms with Crippen molar-refractivity contribution in [2.75, 3.05) is 7.05 Å². The molecule has 0 amide bonds. The summed E-state index contributed by atoms with van der Waals surface area (Å²) in [5.41, 5.74) is 2.24. The number of benzene rings is 2. The Bertz CT molecular complexity index is 554. The van der Waals surface area contributed by atoms with Gasteiger partial charge in [0.25, 0.3) is 0 Å². The summed E-state index contributed by atoms with van der Waals surface area (Å²) in [6, 6.07) is 13.9. The molecule has 0 aliphatic heterocycles. The maximum absolute atomic E-state index is 6.21. The average Bonchev–Trinajstić information content (AvgIpc) is 2.43. The topological polar surface area (TPSA) is 21.3 Å². The normalized spacial score (nSPS) is 10.5. The molecule has 0 aliphatic carbocycles. The van der Waals surface area contributed by atoms with Crippen LogP contribution in [0.15, 0.2) is 42.5 Å². The van der Waals surface area contributed by atoms with E-state index in [4.69, 9.17) is 16.3 Å². The third-order valence-electron chi connectivity index (χ3n) is 2.96. The smallest absolute Gasteiger partial charge is 0.133 e. The highest BCUT2D eigenvalue weighted by atomic mass is 35.5. The Morgan fingerprint density at radius 1 is 1.16 bits per heavy atom. The molecule has 0 spiro atoms. The van der Waals surface area contributed by atoms with Crippen LogP contribution < -0.4 is 10.1 Å². The second-order valence-electron chi connectivity index (χ2n) is 4.35. The van der Waals surface area contributed by atoms with Crippen LogP contribution in [0.5, 0.6) is 11.5 Å². The summed E-state index contributed by atoms with van der Waals surface area (Å²) in [5.74, 6) is 1.65. The Morgan fingerprint density at radius 2 is 1.95 bits per heavy atom. The van der Waals surface area contributed by atoms with Gasteiger partial charge in [0, 0.05) is 17.1 Å². The molecule has 2 rings (SSSR count). The van der Waals surface area contributed by atoms with Crippen molar-refractivity contribution in [2.24, 2.45) is 0 Å². The van der Waals surface area contributed by atoms with Crippen molar-refractivity contribution in [2.45, 2.75) is 19.9 Å². The van der Waals surface area contributed by atoms with Crippen molar-refractivity contribution in [3.63, 3.8) is 0 Å². The van der Waals surface area contributed by atoms with Gasteiger partial charge >= 0.3 is 0 Å². The van der Waals surface area contributed by atoms with Gasteiger partial charge in [-0.3, -0.25) is 0 Å². The maximum atomic E-state index is 6.21. The van der Waals surface area contributed by atoms with Crippen molar-refractivity contribution < 1.29 is 4.74 Å². The minimum atomic E-state index is 0.683. The summed E-state index contributed by atoms with van der Waals surface area (Å²) >= 11 is 6.21. The van der Waals surface area contributed by atoms with Crippen LogP contribution in [-0.4, -0.2) is 7.05 Å². The zero-order chi connectivity index (χ0) is 13.7. The fourth-order valence-corrected chi connectivity index (χ4v) is 2.17. The monoisotopic (exact) mass is 275 g/mol. The molecule has 0 bridgehead atoms. The zero-order valence-electron chi connectivity index (χ0n) is 11.2. The molecule has 0 aromatic heterocycles. The Kier molecular flexibility index (Phi) is 4.83. The molecular weight excluding hydrogens is 258 g/mol. The summed E-state index contributed by atoms with van der Waals surface area (Å²) in [6.45, 7) is 2.81. The Labute approximate surface area is 119 Å². The van der Waals surface area contributed by atoms with Crippen molar-refractivity contribution in [3.05, 3.63) is 58.6 Å². The van der Waals surface area contributed by atoms with E-state index in [0.717, 1.165) is 28.5 Å². The minimum Gasteiger partial charge on any atom is -0.457 e. The van der Waals surface area contributed by atoms with Gasteiger partial charge in [0.15, 0.2) is 0 Å². The van der Waals surface area contributed by atoms with Gasteiger partial charge in [-0.1, -0.05) is 36.7 Å². The van der Waals surface area contributed by atoms with Crippen LogP contribution in [0.2, 0.25) is 5.02 Å². The highest BCUT2D eigenvalue weighted by molar-refractivity contribution is 6.31. The fourth-order valence-electron chi connectivity index (χ4n) is 1.94. The highest BCUT2D eigenvalue weighted by Crippen LogP contribution is 2.30. The largest absolute Gasteiger partial charge is 0.457 e. The summed E-state index contributed by atoms with van der Waals surface area (Å²) in [7, 11) is 1.89. The van der Waals surface area contributed by atoms with Gasteiger partial charge in [0.1, 0.15) is 11.5 Å². The molecule has 0 saturated carbocycles. The Balaban J connectivity index is 2.29. The molecule has 0 saturated heterocycles. The van der Waals surface area contributed by atoms with E-state index in [1.54, 1.807) is 0 Å². The lowest BCUT2D eigenvalue weighted by molar-refractivity contribution is 0.474. The van der Waals surface area contributed by atoms with E-state index >= 15 is 0 Å². The van der Waals surface area contributed by atoms with E-state index in [-0.39, 0.29) is 0 Å². The van der Waals surface area contributed by atoms with Crippen molar-refractivity contribution in [1.82, 2.24) is 5.32 Å². The van der Waals surface area contributed by atoms with Crippen LogP contribution in [0.4, 0.5) is 0 Å². The predicted octanol–water partition coefficient (Wildman–Crippen LogP) is 4.41. The molecule has 0 aliphatic rings. The molecule has 0 unspecified atom stereocenters. The van der Waals surface area contributed by atoms with Crippen LogP contribution in [-0.2, 0) is 13.0 Å². The third-order valence-corrected chi connectivity index (χ3v) is 3.32.